The maximum Gasteiger partial charge on any atom is 0.313 e. The van der Waals surface area contributed by atoms with E-state index < -0.39 is 17.4 Å². The summed E-state index contributed by atoms with van der Waals surface area (Å²) in [4.78, 5) is 11.8. The first-order chi connectivity index (χ1) is 8.64. The molecule has 4 nitrogen and oxygen atoms in total. The number of methoxy groups -OCH3 is 1. The van der Waals surface area contributed by atoms with Gasteiger partial charge < -0.3 is 15.6 Å². The largest absolute Gasteiger partial charge is 0.506 e. The second-order valence-electron chi connectivity index (χ2n) is 4.61. The van der Waals surface area contributed by atoms with E-state index in [4.69, 9.17) is 10.5 Å². The molecule has 3 N–H and O–H groups in total. The standard InChI is InChI=1S/C12H14Br3NO3.ClH/c1-12(2,11(18)19-3)10(16)7-5(13)4-6(14)9(17)8(7)15;/h4,10,17H,16H2,1-3H3;1H/t10-;/m1./s1. The summed E-state index contributed by atoms with van der Waals surface area (Å²) < 4.78 is 6.43. The number of phenols is 1. The van der Waals surface area contributed by atoms with Crippen molar-refractivity contribution >= 4 is 66.2 Å². The van der Waals surface area contributed by atoms with Crippen molar-refractivity contribution < 1.29 is 14.6 Å². The zero-order valence-corrected chi connectivity index (χ0v) is 16.6. The zero-order chi connectivity index (χ0) is 15.0. The lowest BCUT2D eigenvalue weighted by Crippen LogP contribution is -2.37. The molecule has 1 aromatic rings. The lowest BCUT2D eigenvalue weighted by Gasteiger charge is -2.30. The summed E-state index contributed by atoms with van der Waals surface area (Å²) in [6.07, 6.45) is 0. The van der Waals surface area contributed by atoms with Gasteiger partial charge in [-0.25, -0.2) is 0 Å². The van der Waals surface area contributed by atoms with E-state index in [2.05, 4.69) is 47.8 Å². The Balaban J connectivity index is 0.00000361. The van der Waals surface area contributed by atoms with Gasteiger partial charge in [0, 0.05) is 16.1 Å². The molecule has 0 aromatic heterocycles. The fourth-order valence-corrected chi connectivity index (χ4v) is 4.24. The Hall–Kier alpha value is 0.180. The Morgan fingerprint density at radius 2 is 1.85 bits per heavy atom. The van der Waals surface area contributed by atoms with Gasteiger partial charge in [0.2, 0.25) is 0 Å². The highest BCUT2D eigenvalue weighted by atomic mass is 79.9. The number of hydrogen-bond donors (Lipinski definition) is 2. The molecule has 0 amide bonds. The van der Waals surface area contributed by atoms with Gasteiger partial charge in [0.1, 0.15) is 5.75 Å². The van der Waals surface area contributed by atoms with Crippen LogP contribution in [0.25, 0.3) is 0 Å². The molecule has 0 unspecified atom stereocenters. The molecule has 0 aliphatic rings. The molecule has 0 bridgehead atoms. The normalized spacial score (nSPS) is 12.6. The van der Waals surface area contributed by atoms with Crippen LogP contribution in [0.4, 0.5) is 0 Å². The third kappa shape index (κ3) is 3.68. The van der Waals surface area contributed by atoms with Crippen molar-refractivity contribution in [2.75, 3.05) is 7.11 Å². The third-order valence-corrected chi connectivity index (χ3v) is 5.04. The van der Waals surface area contributed by atoms with Gasteiger partial charge in [-0.3, -0.25) is 4.79 Å². The summed E-state index contributed by atoms with van der Waals surface area (Å²) in [5, 5.41) is 9.94. The molecule has 1 aromatic carbocycles. The fraction of sp³-hybridized carbons (Fsp3) is 0.417. The second-order valence-corrected chi connectivity index (χ2v) is 7.11. The van der Waals surface area contributed by atoms with Crippen molar-refractivity contribution in [2.24, 2.45) is 11.1 Å². The van der Waals surface area contributed by atoms with Gasteiger partial charge >= 0.3 is 5.97 Å². The number of esters is 1. The highest BCUT2D eigenvalue weighted by Gasteiger charge is 2.39. The lowest BCUT2D eigenvalue weighted by molar-refractivity contribution is -0.152. The van der Waals surface area contributed by atoms with Crippen molar-refractivity contribution in [1.82, 2.24) is 0 Å². The summed E-state index contributed by atoms with van der Waals surface area (Å²) in [6.45, 7) is 3.39. The first-order valence-electron chi connectivity index (χ1n) is 5.35. The van der Waals surface area contributed by atoms with Crippen LogP contribution in [0.1, 0.15) is 25.5 Å². The number of carbonyl (C=O) groups is 1. The van der Waals surface area contributed by atoms with E-state index in [0.29, 0.717) is 19.0 Å². The van der Waals surface area contributed by atoms with Crippen molar-refractivity contribution in [1.29, 1.82) is 0 Å². The maximum absolute atomic E-state index is 11.8. The van der Waals surface area contributed by atoms with Crippen LogP contribution in [0.15, 0.2) is 19.5 Å². The summed E-state index contributed by atoms with van der Waals surface area (Å²) >= 11 is 9.93. The van der Waals surface area contributed by atoms with Gasteiger partial charge in [0.15, 0.2) is 0 Å². The number of halogens is 4. The molecular weight excluding hydrogens is 481 g/mol. The molecule has 0 saturated carbocycles. The van der Waals surface area contributed by atoms with Crippen LogP contribution in [0.2, 0.25) is 0 Å². The molecule has 1 atom stereocenters. The summed E-state index contributed by atoms with van der Waals surface area (Å²) in [7, 11) is 1.32. The average molecular weight is 496 g/mol. The van der Waals surface area contributed by atoms with Crippen LogP contribution in [0.3, 0.4) is 0 Å². The monoisotopic (exact) mass is 493 g/mol. The van der Waals surface area contributed by atoms with E-state index in [1.807, 2.05) is 0 Å². The van der Waals surface area contributed by atoms with Crippen LogP contribution in [0.5, 0.6) is 5.75 Å². The average Bonchev–Trinajstić information content (AvgIpc) is 2.34. The molecule has 0 heterocycles. The van der Waals surface area contributed by atoms with Crippen molar-refractivity contribution in [3.63, 3.8) is 0 Å². The summed E-state index contributed by atoms with van der Waals surface area (Å²) in [5.41, 5.74) is 5.86. The number of hydrogen-bond acceptors (Lipinski definition) is 4. The predicted octanol–water partition coefficient (Wildman–Crippen LogP) is 4.30. The molecule has 114 valence electrons. The Kier molecular flexibility index (Phi) is 7.51. The molecule has 0 radical (unpaired) electrons. The molecule has 20 heavy (non-hydrogen) atoms. The Morgan fingerprint density at radius 1 is 1.35 bits per heavy atom. The van der Waals surface area contributed by atoms with Crippen LogP contribution in [-0.4, -0.2) is 18.2 Å². The molecule has 0 aliphatic heterocycles. The van der Waals surface area contributed by atoms with Crippen LogP contribution in [0, 0.1) is 5.41 Å². The van der Waals surface area contributed by atoms with E-state index in [-0.39, 0.29) is 18.2 Å². The van der Waals surface area contributed by atoms with Gasteiger partial charge in [-0.05, 0) is 51.8 Å². The fourth-order valence-electron chi connectivity index (χ4n) is 1.63. The van der Waals surface area contributed by atoms with E-state index in [1.54, 1.807) is 19.9 Å². The molecule has 0 aliphatic carbocycles. The van der Waals surface area contributed by atoms with Crippen LogP contribution >= 0.6 is 60.2 Å². The van der Waals surface area contributed by atoms with Crippen molar-refractivity contribution in [2.45, 2.75) is 19.9 Å². The van der Waals surface area contributed by atoms with Crippen LogP contribution in [-0.2, 0) is 9.53 Å². The predicted molar refractivity (Wildman–Crippen MR) is 91.2 cm³/mol. The van der Waals surface area contributed by atoms with Gasteiger partial charge in [-0.1, -0.05) is 15.9 Å². The number of ether oxygens (including phenoxy) is 1. The number of nitrogens with two attached hydrogens (primary N) is 1. The first kappa shape index (κ1) is 20.2. The van der Waals surface area contributed by atoms with Crippen LogP contribution < -0.4 is 5.73 Å². The summed E-state index contributed by atoms with van der Waals surface area (Å²) in [5.74, 6) is -0.379. The molecule has 0 saturated heterocycles. The Bertz CT molecular complexity index is 523. The topological polar surface area (TPSA) is 72.5 Å². The van der Waals surface area contributed by atoms with Gasteiger partial charge in [-0.15, -0.1) is 12.4 Å². The highest BCUT2D eigenvalue weighted by molar-refractivity contribution is 9.11. The molecular formula is C12H15Br3ClNO3. The smallest absolute Gasteiger partial charge is 0.313 e. The third-order valence-electron chi connectivity index (χ3n) is 2.98. The highest BCUT2D eigenvalue weighted by Crippen LogP contribution is 2.45. The quantitative estimate of drug-likeness (QED) is 0.613. The lowest BCUT2D eigenvalue weighted by atomic mass is 9.81. The molecule has 0 spiro atoms. The Labute approximate surface area is 149 Å². The number of phenolic OH excluding ortho intramolecular Hbond substituents is 1. The maximum atomic E-state index is 11.8. The van der Waals surface area contributed by atoms with Gasteiger partial charge in [0.05, 0.1) is 21.5 Å². The van der Waals surface area contributed by atoms with Crippen molar-refractivity contribution in [3.8, 4) is 5.75 Å². The van der Waals surface area contributed by atoms with Crippen molar-refractivity contribution in [3.05, 3.63) is 25.0 Å². The second kappa shape index (κ2) is 7.45. The van der Waals surface area contributed by atoms with E-state index >= 15 is 0 Å². The first-order valence-corrected chi connectivity index (χ1v) is 7.72. The summed E-state index contributed by atoms with van der Waals surface area (Å²) in [6, 6.07) is 1.03. The Morgan fingerprint density at radius 3 is 2.30 bits per heavy atom. The van der Waals surface area contributed by atoms with Gasteiger partial charge in [-0.2, -0.15) is 0 Å². The number of benzene rings is 1. The van der Waals surface area contributed by atoms with E-state index in [9.17, 15) is 9.90 Å². The number of carbonyl (C=O) groups excluding carboxylic acids is 1. The number of aromatic hydroxyl groups is 1. The minimum absolute atomic E-state index is 0. The van der Waals surface area contributed by atoms with E-state index in [0.717, 1.165) is 0 Å². The SMILES string of the molecule is COC(=O)C(C)(C)[C@H](N)c1c(Br)cc(Br)c(O)c1Br.Cl. The van der Waals surface area contributed by atoms with E-state index in [1.165, 1.54) is 7.11 Å². The van der Waals surface area contributed by atoms with Gasteiger partial charge in [0.25, 0.3) is 0 Å². The number of rotatable bonds is 3. The minimum Gasteiger partial charge on any atom is -0.506 e. The molecule has 8 heteroatoms. The molecule has 0 fully saturated rings. The molecule has 1 rings (SSSR count). The zero-order valence-electron chi connectivity index (χ0n) is 11.0. The minimum atomic E-state index is -0.930.